The third kappa shape index (κ3) is 7.49. The Balaban J connectivity index is 0.00000387. The monoisotopic (exact) mass is 612 g/mol. The molecule has 216 valence electrons. The molecular formula is C29H33ClN6O3S2. The molecule has 7 N–H and O–H groups in total. The third-order valence-electron chi connectivity index (χ3n) is 7.14. The van der Waals surface area contributed by atoms with Gasteiger partial charge in [-0.2, -0.15) is 0 Å². The Kier molecular flexibility index (Phi) is 9.77. The predicted molar refractivity (Wildman–Crippen MR) is 166 cm³/mol. The Bertz CT molecular complexity index is 1620. The zero-order valence-electron chi connectivity index (χ0n) is 22.2. The quantitative estimate of drug-likeness (QED) is 0.136. The summed E-state index contributed by atoms with van der Waals surface area (Å²) in [5.41, 5.74) is 14.2. The first-order valence-electron chi connectivity index (χ1n) is 13.2. The number of anilines is 1. The van der Waals surface area contributed by atoms with E-state index in [2.05, 4.69) is 10.0 Å². The number of nitrogens with two attached hydrogens (primary N) is 2. The number of nitrogen functional groups attached to an aromatic ring is 1. The van der Waals surface area contributed by atoms with Crippen molar-refractivity contribution in [1.29, 1.82) is 5.41 Å². The van der Waals surface area contributed by atoms with Gasteiger partial charge in [0.05, 0.1) is 21.2 Å². The summed E-state index contributed by atoms with van der Waals surface area (Å²) in [5, 5.41) is 11.3. The number of benzene rings is 3. The summed E-state index contributed by atoms with van der Waals surface area (Å²) in [4.78, 5) is 17.6. The minimum absolute atomic E-state index is 0. The normalized spacial score (nSPS) is 17.9. The highest BCUT2D eigenvalue weighted by molar-refractivity contribution is 7.89. The fraction of sp³-hybridized carbons (Fsp3) is 0.276. The predicted octanol–water partition coefficient (Wildman–Crippen LogP) is 4.72. The molecule has 3 aromatic carbocycles. The highest BCUT2D eigenvalue weighted by Crippen LogP contribution is 2.30. The van der Waals surface area contributed by atoms with Gasteiger partial charge < -0.3 is 16.8 Å². The smallest absolute Gasteiger partial charge is 0.241 e. The first-order chi connectivity index (χ1) is 19.2. The van der Waals surface area contributed by atoms with E-state index in [1.54, 1.807) is 30.3 Å². The molecule has 1 amide bonds. The van der Waals surface area contributed by atoms with Crippen LogP contribution in [0.1, 0.15) is 47.9 Å². The van der Waals surface area contributed by atoms with E-state index in [0.717, 1.165) is 41.5 Å². The van der Waals surface area contributed by atoms with Crippen molar-refractivity contribution in [2.75, 3.05) is 5.32 Å². The number of hydrogen-bond acceptors (Lipinski definition) is 7. The maximum absolute atomic E-state index is 13.7. The average molecular weight is 613 g/mol. The molecule has 5 rings (SSSR count). The van der Waals surface area contributed by atoms with Crippen LogP contribution in [0.5, 0.6) is 0 Å². The Morgan fingerprint density at radius 2 is 1.76 bits per heavy atom. The Hall–Kier alpha value is -3.35. The minimum Gasteiger partial charge on any atom is -0.384 e. The van der Waals surface area contributed by atoms with Crippen molar-refractivity contribution in [2.24, 2.45) is 17.4 Å². The number of amidine groups is 1. The van der Waals surface area contributed by atoms with Gasteiger partial charge in [-0.1, -0.05) is 36.4 Å². The molecule has 1 atom stereocenters. The number of aromatic nitrogens is 1. The van der Waals surface area contributed by atoms with E-state index in [1.807, 2.05) is 30.3 Å². The molecule has 1 unspecified atom stereocenters. The second-order valence-corrected chi connectivity index (χ2v) is 12.9. The number of halogens is 1. The number of sulfonamides is 1. The molecular weight excluding hydrogens is 580 g/mol. The summed E-state index contributed by atoms with van der Waals surface area (Å²) < 4.78 is 31.1. The molecule has 1 aliphatic carbocycles. The minimum atomic E-state index is -4.00. The molecule has 0 saturated heterocycles. The largest absolute Gasteiger partial charge is 0.384 e. The van der Waals surface area contributed by atoms with Crippen LogP contribution in [0.4, 0.5) is 5.69 Å². The van der Waals surface area contributed by atoms with Crippen molar-refractivity contribution < 1.29 is 13.2 Å². The van der Waals surface area contributed by atoms with E-state index in [0.29, 0.717) is 22.7 Å². The van der Waals surface area contributed by atoms with Crippen LogP contribution in [0.3, 0.4) is 0 Å². The van der Waals surface area contributed by atoms with Gasteiger partial charge in [0.1, 0.15) is 10.8 Å². The summed E-state index contributed by atoms with van der Waals surface area (Å²) in [5.74, 6) is -0.312. The Morgan fingerprint density at radius 3 is 2.49 bits per heavy atom. The second kappa shape index (κ2) is 13.1. The van der Waals surface area contributed by atoms with Gasteiger partial charge in [0.2, 0.25) is 15.9 Å². The maximum atomic E-state index is 13.7. The molecule has 4 aromatic rings. The lowest BCUT2D eigenvalue weighted by atomic mass is 9.86. The van der Waals surface area contributed by atoms with Gasteiger partial charge in [0, 0.05) is 23.2 Å². The zero-order valence-corrected chi connectivity index (χ0v) is 24.7. The average Bonchev–Trinajstić information content (AvgIpc) is 3.38. The number of fused-ring (bicyclic) bond motifs is 1. The van der Waals surface area contributed by atoms with E-state index in [-0.39, 0.29) is 41.0 Å². The van der Waals surface area contributed by atoms with Crippen molar-refractivity contribution in [3.63, 3.8) is 0 Å². The van der Waals surface area contributed by atoms with E-state index >= 15 is 0 Å². The molecule has 9 nitrogen and oxygen atoms in total. The van der Waals surface area contributed by atoms with Crippen LogP contribution in [0.15, 0.2) is 77.7 Å². The number of nitrogens with one attached hydrogen (secondary N) is 3. The van der Waals surface area contributed by atoms with E-state index in [9.17, 15) is 13.2 Å². The highest BCUT2D eigenvalue weighted by atomic mass is 35.5. The fourth-order valence-electron chi connectivity index (χ4n) is 4.94. The molecule has 41 heavy (non-hydrogen) atoms. The van der Waals surface area contributed by atoms with E-state index in [1.165, 1.54) is 23.5 Å². The van der Waals surface area contributed by atoms with Gasteiger partial charge in [0.15, 0.2) is 0 Å². The third-order valence-corrected chi connectivity index (χ3v) is 9.76. The summed E-state index contributed by atoms with van der Waals surface area (Å²) in [6, 6.07) is 20.6. The number of hydrogen-bond donors (Lipinski definition) is 5. The molecule has 1 aromatic heterocycles. The van der Waals surface area contributed by atoms with Crippen LogP contribution >= 0.6 is 23.7 Å². The number of amides is 1. The molecule has 0 aliphatic heterocycles. The molecule has 0 spiro atoms. The first kappa shape index (κ1) is 30.6. The SMILES string of the molecule is Cl.N=C(N)c1cccc(CC(NS(=O)(=O)c2cccc(NC(=O)C3CCC(N)CC3)c2)c2nc3ccccc3s2)c1. The van der Waals surface area contributed by atoms with Gasteiger partial charge in [-0.3, -0.25) is 10.2 Å². The molecule has 1 saturated carbocycles. The highest BCUT2D eigenvalue weighted by Gasteiger charge is 2.27. The summed E-state index contributed by atoms with van der Waals surface area (Å²) in [6.45, 7) is 0. The van der Waals surface area contributed by atoms with Crippen LogP contribution in [0, 0.1) is 11.3 Å². The fourth-order valence-corrected chi connectivity index (χ4v) is 7.28. The van der Waals surface area contributed by atoms with Crippen molar-refractivity contribution in [1.82, 2.24) is 9.71 Å². The number of carbonyl (C=O) groups is 1. The molecule has 1 aliphatic rings. The number of para-hydroxylation sites is 1. The summed E-state index contributed by atoms with van der Waals surface area (Å²) in [6.07, 6.45) is 3.36. The van der Waals surface area contributed by atoms with Crippen LogP contribution in [0.2, 0.25) is 0 Å². The lowest BCUT2D eigenvalue weighted by Gasteiger charge is -2.25. The number of carbonyl (C=O) groups excluding carboxylic acids is 1. The van der Waals surface area contributed by atoms with E-state index in [4.69, 9.17) is 21.9 Å². The first-order valence-corrected chi connectivity index (χ1v) is 15.5. The van der Waals surface area contributed by atoms with Crippen molar-refractivity contribution in [3.8, 4) is 0 Å². The van der Waals surface area contributed by atoms with Gasteiger partial charge >= 0.3 is 0 Å². The van der Waals surface area contributed by atoms with Crippen LogP contribution in [-0.4, -0.2) is 31.2 Å². The van der Waals surface area contributed by atoms with E-state index < -0.39 is 16.1 Å². The van der Waals surface area contributed by atoms with Crippen LogP contribution in [-0.2, 0) is 21.2 Å². The van der Waals surface area contributed by atoms with Crippen molar-refractivity contribution in [2.45, 2.75) is 49.1 Å². The van der Waals surface area contributed by atoms with Crippen LogP contribution in [0.25, 0.3) is 10.2 Å². The molecule has 1 fully saturated rings. The summed E-state index contributed by atoms with van der Waals surface area (Å²) in [7, 11) is -4.00. The van der Waals surface area contributed by atoms with Gasteiger partial charge in [-0.05, 0) is 74.1 Å². The van der Waals surface area contributed by atoms with Crippen molar-refractivity contribution >= 4 is 61.4 Å². The summed E-state index contributed by atoms with van der Waals surface area (Å²) >= 11 is 1.43. The van der Waals surface area contributed by atoms with Gasteiger partial charge in [-0.25, -0.2) is 18.1 Å². The molecule has 0 bridgehead atoms. The molecule has 0 radical (unpaired) electrons. The maximum Gasteiger partial charge on any atom is 0.241 e. The second-order valence-electron chi connectivity index (χ2n) is 10.1. The topological polar surface area (TPSA) is 164 Å². The lowest BCUT2D eigenvalue weighted by Crippen LogP contribution is -2.32. The van der Waals surface area contributed by atoms with Crippen molar-refractivity contribution in [3.05, 3.63) is 88.9 Å². The number of nitrogens with zero attached hydrogens (tertiary/aromatic N) is 1. The lowest BCUT2D eigenvalue weighted by molar-refractivity contribution is -0.120. The van der Waals surface area contributed by atoms with Gasteiger partial charge in [0.25, 0.3) is 0 Å². The molecule has 12 heteroatoms. The number of thiazole rings is 1. The van der Waals surface area contributed by atoms with Crippen LogP contribution < -0.4 is 21.5 Å². The van der Waals surface area contributed by atoms with Gasteiger partial charge in [-0.15, -0.1) is 23.7 Å². The Morgan fingerprint density at radius 1 is 1.02 bits per heavy atom. The Labute approximate surface area is 249 Å². The standard InChI is InChI=1S/C29H32N6O3S2.ClH/c30-21-13-11-19(12-14-21)28(36)33-22-7-4-8-23(17-22)40(37,38)35-25(16-18-5-3-6-20(15-18)27(31)32)29-34-24-9-1-2-10-26(24)39-29;/h1-10,15,17,19,21,25,35H,11-14,16,30H2,(H3,31,32)(H,33,36);1H. The number of rotatable bonds is 9. The zero-order chi connectivity index (χ0) is 28.3. The molecule has 1 heterocycles.